The van der Waals surface area contributed by atoms with E-state index < -0.39 is 0 Å². The van der Waals surface area contributed by atoms with Gasteiger partial charge < -0.3 is 16.7 Å². The van der Waals surface area contributed by atoms with Gasteiger partial charge in [-0.2, -0.15) is 0 Å². The van der Waals surface area contributed by atoms with E-state index in [4.69, 9.17) is 5.73 Å². The largest absolute Gasteiger partial charge is 0.412 e. The molecule has 0 aliphatic carbocycles. The van der Waals surface area contributed by atoms with Crippen molar-refractivity contribution in [3.63, 3.8) is 0 Å². The van der Waals surface area contributed by atoms with Crippen molar-refractivity contribution in [2.45, 2.75) is 26.2 Å². The Morgan fingerprint density at radius 2 is 1.62 bits per heavy atom. The summed E-state index contributed by atoms with van der Waals surface area (Å²) in [4.78, 5) is 0. The molecule has 0 aromatic heterocycles. The first-order chi connectivity index (χ1) is 2.91. The summed E-state index contributed by atoms with van der Waals surface area (Å²) < 4.78 is 0. The van der Waals surface area contributed by atoms with E-state index in [1.165, 1.54) is 19.3 Å². The minimum Gasteiger partial charge on any atom is -0.412 e. The molecule has 0 aromatic carbocycles. The van der Waals surface area contributed by atoms with Crippen LogP contribution in [0.3, 0.4) is 0 Å². The lowest BCUT2D eigenvalue weighted by molar-refractivity contribution is 0.727. The zero-order valence-corrected chi connectivity index (χ0v) is 5.41. The van der Waals surface area contributed by atoms with Crippen LogP contribution in [0.2, 0.25) is 0 Å². The third-order valence-electron chi connectivity index (χ3n) is 0.808. The molecule has 0 aliphatic heterocycles. The minimum absolute atomic E-state index is 0. The van der Waals surface area contributed by atoms with Crippen LogP contribution in [0.4, 0.5) is 0 Å². The molecule has 0 rings (SSSR count). The summed E-state index contributed by atoms with van der Waals surface area (Å²) in [5, 5.41) is 0. The average Bonchev–Trinajstić information content (AvgIpc) is 1.61. The molecule has 54 valence electrons. The number of unbranched alkanes of at least 4 members (excludes halogenated alkanes) is 2. The summed E-state index contributed by atoms with van der Waals surface area (Å²) in [6.07, 6.45) is 3.75. The molecule has 0 heterocycles. The van der Waals surface area contributed by atoms with Gasteiger partial charge in [0, 0.05) is 0 Å². The molecule has 6 N–H and O–H groups in total. The Morgan fingerprint density at radius 3 is 1.75 bits per heavy atom. The quantitative estimate of drug-likeness (QED) is 0.503. The van der Waals surface area contributed by atoms with Crippen LogP contribution >= 0.6 is 0 Å². The van der Waals surface area contributed by atoms with Crippen LogP contribution in [0, 0.1) is 0 Å². The Kier molecular flexibility index (Phi) is 30.9. The van der Waals surface area contributed by atoms with Gasteiger partial charge in [-0.25, -0.2) is 0 Å². The molecule has 8 heavy (non-hydrogen) atoms. The molecule has 0 spiro atoms. The fourth-order valence-electron chi connectivity index (χ4n) is 0.394. The van der Waals surface area contributed by atoms with E-state index in [1.54, 1.807) is 0 Å². The Morgan fingerprint density at radius 1 is 1.12 bits per heavy atom. The summed E-state index contributed by atoms with van der Waals surface area (Å²) in [5.41, 5.74) is 5.21. The second-order valence-corrected chi connectivity index (χ2v) is 1.50. The molecule has 3 nitrogen and oxygen atoms in total. The fourth-order valence-corrected chi connectivity index (χ4v) is 0.394. The van der Waals surface area contributed by atoms with Crippen LogP contribution in [-0.4, -0.2) is 17.5 Å². The summed E-state index contributed by atoms with van der Waals surface area (Å²) in [5.74, 6) is 0. The molecule has 3 heteroatoms. The van der Waals surface area contributed by atoms with Gasteiger partial charge in [-0.15, -0.1) is 0 Å². The second kappa shape index (κ2) is 15.8. The van der Waals surface area contributed by atoms with Gasteiger partial charge in [-0.05, 0) is 13.0 Å². The molecule has 0 aromatic rings. The Bertz CT molecular complexity index is 22.4. The predicted molar refractivity (Wildman–Crippen MR) is 35.8 cm³/mol. The monoisotopic (exact) mass is 123 g/mol. The van der Waals surface area contributed by atoms with E-state index in [0.29, 0.717) is 0 Å². The van der Waals surface area contributed by atoms with Crippen LogP contribution in [0.15, 0.2) is 0 Å². The number of nitrogens with two attached hydrogens (primary N) is 1. The minimum atomic E-state index is 0. The van der Waals surface area contributed by atoms with Gasteiger partial charge in [0.1, 0.15) is 0 Å². The third kappa shape index (κ3) is 16.9. The first-order valence-electron chi connectivity index (χ1n) is 2.62. The van der Waals surface area contributed by atoms with Gasteiger partial charge in [0.15, 0.2) is 0 Å². The van der Waals surface area contributed by atoms with E-state index in [1.807, 2.05) is 0 Å². The van der Waals surface area contributed by atoms with Crippen molar-refractivity contribution in [1.82, 2.24) is 0 Å². The molecule has 0 saturated carbocycles. The van der Waals surface area contributed by atoms with Crippen molar-refractivity contribution in [1.29, 1.82) is 0 Å². The molecular formula is C5H17NO2. The highest BCUT2D eigenvalue weighted by Crippen LogP contribution is 1.88. The SMILES string of the molecule is CCCCCN.O.O. The van der Waals surface area contributed by atoms with Crippen molar-refractivity contribution < 1.29 is 11.0 Å². The van der Waals surface area contributed by atoms with E-state index >= 15 is 0 Å². The third-order valence-corrected chi connectivity index (χ3v) is 0.808. The lowest BCUT2D eigenvalue weighted by Crippen LogP contribution is -1.96. The zero-order chi connectivity index (χ0) is 4.83. The van der Waals surface area contributed by atoms with Crippen LogP contribution in [0.25, 0.3) is 0 Å². The van der Waals surface area contributed by atoms with Gasteiger partial charge in [-0.1, -0.05) is 19.8 Å². The predicted octanol–water partition coefficient (Wildman–Crippen LogP) is -0.514. The number of hydrogen-bond acceptors (Lipinski definition) is 1. The number of rotatable bonds is 3. The van der Waals surface area contributed by atoms with E-state index in [-0.39, 0.29) is 11.0 Å². The number of hydrogen-bond donors (Lipinski definition) is 1. The van der Waals surface area contributed by atoms with Crippen molar-refractivity contribution >= 4 is 0 Å². The summed E-state index contributed by atoms with van der Waals surface area (Å²) in [6, 6.07) is 0. The highest BCUT2D eigenvalue weighted by molar-refractivity contribution is 4.34. The molecular weight excluding hydrogens is 106 g/mol. The van der Waals surface area contributed by atoms with E-state index in [9.17, 15) is 0 Å². The maximum absolute atomic E-state index is 5.21. The van der Waals surface area contributed by atoms with Crippen molar-refractivity contribution in [2.75, 3.05) is 6.54 Å². The average molecular weight is 123 g/mol. The highest BCUT2D eigenvalue weighted by atomic mass is 16.0. The standard InChI is InChI=1S/C5H13N.2H2O/c1-2-3-4-5-6;;/h2-6H2,1H3;2*1H2. The highest BCUT2D eigenvalue weighted by Gasteiger charge is 1.75. The van der Waals surface area contributed by atoms with Crippen molar-refractivity contribution in [3.8, 4) is 0 Å². The maximum Gasteiger partial charge on any atom is -0.00773 e. The van der Waals surface area contributed by atoms with Crippen LogP contribution in [-0.2, 0) is 0 Å². The van der Waals surface area contributed by atoms with Gasteiger partial charge in [-0.3, -0.25) is 0 Å². The molecule has 0 atom stereocenters. The topological polar surface area (TPSA) is 89.0 Å². The maximum atomic E-state index is 5.21. The van der Waals surface area contributed by atoms with Crippen LogP contribution < -0.4 is 5.73 Å². The molecule has 0 aliphatic rings. The zero-order valence-electron chi connectivity index (χ0n) is 5.41. The first-order valence-corrected chi connectivity index (χ1v) is 2.62. The summed E-state index contributed by atoms with van der Waals surface area (Å²) >= 11 is 0. The van der Waals surface area contributed by atoms with E-state index in [0.717, 1.165) is 6.54 Å². The molecule has 0 unspecified atom stereocenters. The smallest absolute Gasteiger partial charge is 0.00773 e. The van der Waals surface area contributed by atoms with Crippen molar-refractivity contribution in [3.05, 3.63) is 0 Å². The molecule has 0 amide bonds. The van der Waals surface area contributed by atoms with E-state index in [2.05, 4.69) is 6.92 Å². The first kappa shape index (κ1) is 15.7. The summed E-state index contributed by atoms with van der Waals surface area (Å²) in [7, 11) is 0. The summed E-state index contributed by atoms with van der Waals surface area (Å²) in [6.45, 7) is 3.03. The molecule has 0 bridgehead atoms. The Balaban J connectivity index is -0.000000125. The van der Waals surface area contributed by atoms with Gasteiger partial charge in [0.25, 0.3) is 0 Å². The van der Waals surface area contributed by atoms with Gasteiger partial charge >= 0.3 is 0 Å². The lowest BCUT2D eigenvalue weighted by atomic mass is 10.3. The van der Waals surface area contributed by atoms with Gasteiger partial charge in [0.2, 0.25) is 0 Å². The molecule has 0 radical (unpaired) electrons. The Labute approximate surface area is 50.5 Å². The Hall–Kier alpha value is -0.120. The van der Waals surface area contributed by atoms with Crippen molar-refractivity contribution in [2.24, 2.45) is 5.73 Å². The van der Waals surface area contributed by atoms with Crippen LogP contribution in [0.1, 0.15) is 26.2 Å². The lowest BCUT2D eigenvalue weighted by Gasteiger charge is -1.86. The molecule has 0 saturated heterocycles. The second-order valence-electron chi connectivity index (χ2n) is 1.50. The normalized spacial score (nSPS) is 6.75. The van der Waals surface area contributed by atoms with Crippen LogP contribution in [0.5, 0.6) is 0 Å². The molecule has 0 fully saturated rings. The van der Waals surface area contributed by atoms with Gasteiger partial charge in [0.05, 0.1) is 0 Å². The fraction of sp³-hybridized carbons (Fsp3) is 1.00.